The van der Waals surface area contributed by atoms with Gasteiger partial charge in [-0.05, 0) is 62.3 Å². The Balaban J connectivity index is 1.42. The van der Waals surface area contributed by atoms with E-state index in [1.54, 1.807) is 6.08 Å². The lowest BCUT2D eigenvalue weighted by molar-refractivity contribution is -0.870. The largest absolute Gasteiger partial charge is 0.737 e. The SMILES string of the molecule is CCCCC1=CC(CCC(=O)NC(=O)NC(CS(=O)(=O)O)C(=O)NCCCCC(=O)On2c(O)ccc2O)=[N+]2C1=Cc1c(CCCC)cc(CCC[N+](C)(C)C)n1[B-]2(F)F. The number of unbranched alkanes of at least 4 members (excludes halogenated alkanes) is 3. The number of nitrogens with one attached hydrogen (secondary N) is 3. The van der Waals surface area contributed by atoms with E-state index in [0.29, 0.717) is 52.0 Å². The Morgan fingerprint density at radius 1 is 0.917 bits per heavy atom. The summed E-state index contributed by atoms with van der Waals surface area (Å²) in [7, 11) is 1.37. The average molecular weight is 867 g/mol. The molecule has 2 aliphatic rings. The van der Waals surface area contributed by atoms with Crippen molar-refractivity contribution in [3.63, 3.8) is 0 Å². The smallest absolute Gasteiger partial charge is 0.492 e. The molecule has 332 valence electrons. The van der Waals surface area contributed by atoms with Crippen molar-refractivity contribution < 1.29 is 64.8 Å². The minimum absolute atomic E-state index is 0.0932. The molecule has 0 aromatic carbocycles. The number of amides is 4. The summed E-state index contributed by atoms with van der Waals surface area (Å²) in [5, 5.41) is 25.6. The molecular weight excluding hydrogens is 807 g/mol. The van der Waals surface area contributed by atoms with Crippen LogP contribution in [0.2, 0.25) is 0 Å². The summed E-state index contributed by atoms with van der Waals surface area (Å²) < 4.78 is 70.4. The molecule has 0 saturated heterocycles. The fourth-order valence-electron chi connectivity index (χ4n) is 7.26. The van der Waals surface area contributed by atoms with Gasteiger partial charge < -0.3 is 47.8 Å². The van der Waals surface area contributed by atoms with Crippen LogP contribution in [0.3, 0.4) is 0 Å². The van der Waals surface area contributed by atoms with Crippen LogP contribution >= 0.6 is 0 Å². The number of hydrogen-bond donors (Lipinski definition) is 6. The molecule has 2 aliphatic heterocycles. The molecule has 1 atom stereocenters. The first kappa shape index (κ1) is 47.7. The van der Waals surface area contributed by atoms with Crippen molar-refractivity contribution in [1.29, 1.82) is 0 Å². The molecule has 0 fully saturated rings. The average Bonchev–Trinajstić information content (AvgIpc) is 3.80. The summed E-state index contributed by atoms with van der Waals surface area (Å²) in [6.07, 6.45) is 8.94. The minimum Gasteiger partial charge on any atom is -0.492 e. The number of aromatic nitrogens is 2. The molecule has 60 heavy (non-hydrogen) atoms. The highest BCUT2D eigenvalue weighted by Gasteiger charge is 2.54. The van der Waals surface area contributed by atoms with E-state index in [9.17, 15) is 42.4 Å². The fourth-order valence-corrected chi connectivity index (χ4v) is 7.91. The molecule has 2 aromatic heterocycles. The number of aryl methyl sites for hydroxylation is 2. The van der Waals surface area contributed by atoms with E-state index >= 15 is 8.63 Å². The minimum atomic E-state index is -4.80. The highest BCUT2D eigenvalue weighted by Crippen LogP contribution is 2.40. The van der Waals surface area contributed by atoms with E-state index in [1.165, 1.54) is 4.48 Å². The Hall–Kier alpha value is -5.02. The van der Waals surface area contributed by atoms with Gasteiger partial charge in [-0.1, -0.05) is 26.7 Å². The number of allylic oxidation sites excluding steroid dienone is 2. The first-order valence-corrected chi connectivity index (χ1v) is 22.0. The summed E-state index contributed by atoms with van der Waals surface area (Å²) >= 11 is 0. The number of rotatable bonds is 23. The van der Waals surface area contributed by atoms with Gasteiger partial charge >= 0.3 is 19.0 Å². The van der Waals surface area contributed by atoms with Crippen LogP contribution in [0.15, 0.2) is 35.5 Å². The van der Waals surface area contributed by atoms with Crippen LogP contribution in [-0.4, -0.2) is 124 Å². The number of halogens is 2. The second-order valence-corrected chi connectivity index (χ2v) is 17.8. The number of aromatic hydroxyl groups is 2. The van der Waals surface area contributed by atoms with Crippen molar-refractivity contribution in [1.82, 2.24) is 25.2 Å². The van der Waals surface area contributed by atoms with Crippen molar-refractivity contribution >= 4 is 52.7 Å². The number of nitrogens with zero attached hydrogens (tertiary/aromatic N) is 4. The molecule has 4 heterocycles. The van der Waals surface area contributed by atoms with Gasteiger partial charge in [0.25, 0.3) is 10.1 Å². The van der Waals surface area contributed by atoms with Gasteiger partial charge in [0.05, 0.1) is 27.7 Å². The molecule has 0 radical (unpaired) electrons. The third-order valence-corrected chi connectivity index (χ3v) is 10.9. The molecule has 0 bridgehead atoms. The zero-order valence-corrected chi connectivity index (χ0v) is 35.8. The van der Waals surface area contributed by atoms with Gasteiger partial charge in [0.2, 0.25) is 23.6 Å². The van der Waals surface area contributed by atoms with Crippen LogP contribution < -0.4 is 20.8 Å². The number of carbonyl (C=O) groups excluding carboxylic acids is 4. The number of quaternary nitrogens is 1. The fraction of sp³-hybridized carbons (Fsp3) is 0.564. The monoisotopic (exact) mass is 866 g/mol. The Labute approximate surface area is 349 Å². The summed E-state index contributed by atoms with van der Waals surface area (Å²) in [6, 6.07) is 1.06. The Morgan fingerprint density at radius 3 is 2.22 bits per heavy atom. The maximum Gasteiger partial charge on any atom is 0.737 e. The topological polar surface area (TPSA) is 221 Å². The molecule has 4 amide bonds. The molecule has 21 heteroatoms. The number of carbonyl (C=O) groups is 4. The third kappa shape index (κ3) is 13.0. The van der Waals surface area contributed by atoms with Crippen LogP contribution in [0.4, 0.5) is 13.4 Å². The molecular formula is C39H59BF2N7O10S+. The highest BCUT2D eigenvalue weighted by molar-refractivity contribution is 7.85. The van der Waals surface area contributed by atoms with E-state index < -0.39 is 70.9 Å². The quantitative estimate of drug-likeness (QED) is 0.0412. The predicted molar refractivity (Wildman–Crippen MR) is 221 cm³/mol. The first-order valence-electron chi connectivity index (χ1n) is 20.4. The van der Waals surface area contributed by atoms with Gasteiger partial charge in [-0.15, -0.1) is 4.73 Å². The standard InChI is InChI=1S/C39H58BF2N7O10S/c1-6-8-13-27-23-29(15-12-22-49(3,4)5)46-32(27)25-33-28(14-9-7-2)24-30(47(33)40(46,41)42)17-18-34(50)45-39(55)44-31(26-60(56,57)58)38(54)43-21-11-10-16-37(53)59-48-35(51)19-20-36(48)52/h19-20,23-25,31H,6-18,21-22,26H2,1-5H3,(H5-,43,44,45,50,51,52,54,55,56,57,58)/p+1. The maximum atomic E-state index is 17.0. The molecule has 4 rings (SSSR count). The molecule has 2 aromatic rings. The second-order valence-electron chi connectivity index (χ2n) is 16.3. The lowest BCUT2D eigenvalue weighted by Crippen LogP contribution is -2.54. The summed E-state index contributed by atoms with van der Waals surface area (Å²) in [5.41, 5.74) is 3.32. The van der Waals surface area contributed by atoms with Gasteiger partial charge in [-0.3, -0.25) is 19.5 Å². The Kier molecular flexibility index (Phi) is 16.3. The van der Waals surface area contributed by atoms with Crippen LogP contribution in [0, 0.1) is 0 Å². The summed E-state index contributed by atoms with van der Waals surface area (Å²) in [4.78, 5) is 55.6. The van der Waals surface area contributed by atoms with Gasteiger partial charge in [0.1, 0.15) is 17.5 Å². The van der Waals surface area contributed by atoms with E-state index in [0.717, 1.165) is 60.0 Å². The van der Waals surface area contributed by atoms with E-state index in [1.807, 2.05) is 24.4 Å². The molecule has 0 aliphatic carbocycles. The lowest BCUT2D eigenvalue weighted by Gasteiger charge is -2.32. The number of fused-ring (bicyclic) bond motifs is 2. The van der Waals surface area contributed by atoms with E-state index in [4.69, 9.17) is 4.84 Å². The van der Waals surface area contributed by atoms with Crippen molar-refractivity contribution in [3.05, 3.63) is 52.5 Å². The van der Waals surface area contributed by atoms with Gasteiger partial charge in [0.15, 0.2) is 5.70 Å². The zero-order valence-electron chi connectivity index (χ0n) is 35.0. The summed E-state index contributed by atoms with van der Waals surface area (Å²) in [5.74, 6) is -4.92. The van der Waals surface area contributed by atoms with Crippen LogP contribution in [-0.2, 0) is 37.3 Å². The molecule has 17 nitrogen and oxygen atoms in total. The van der Waals surface area contributed by atoms with Crippen molar-refractivity contribution in [3.8, 4) is 11.8 Å². The molecule has 1 unspecified atom stereocenters. The Morgan fingerprint density at radius 2 is 1.58 bits per heavy atom. The van der Waals surface area contributed by atoms with Crippen LogP contribution in [0.25, 0.3) is 6.08 Å². The van der Waals surface area contributed by atoms with Crippen molar-refractivity contribution in [2.75, 3.05) is 40.0 Å². The summed E-state index contributed by atoms with van der Waals surface area (Å²) in [6.45, 7) is 0.410. The highest BCUT2D eigenvalue weighted by atomic mass is 32.2. The van der Waals surface area contributed by atoms with Gasteiger partial charge in [-0.25, -0.2) is 9.59 Å². The number of urea groups is 1. The lowest BCUT2D eigenvalue weighted by atomic mass is 9.88. The van der Waals surface area contributed by atoms with Crippen LogP contribution in [0.1, 0.15) is 101 Å². The van der Waals surface area contributed by atoms with Crippen molar-refractivity contribution in [2.45, 2.75) is 103 Å². The Bertz CT molecular complexity index is 2100. The van der Waals surface area contributed by atoms with E-state index in [2.05, 4.69) is 38.7 Å². The van der Waals surface area contributed by atoms with Gasteiger partial charge in [0, 0.05) is 67.8 Å². The van der Waals surface area contributed by atoms with Crippen molar-refractivity contribution in [2.24, 2.45) is 0 Å². The normalized spacial score (nSPS) is 15.1. The first-order chi connectivity index (χ1) is 28.1. The molecule has 6 N–H and O–H groups in total. The maximum absolute atomic E-state index is 17.0. The number of imide groups is 1. The number of hydrogen-bond acceptors (Lipinski definition) is 9. The van der Waals surface area contributed by atoms with Crippen LogP contribution in [0.5, 0.6) is 11.8 Å². The van der Waals surface area contributed by atoms with Gasteiger partial charge in [-0.2, -0.15) is 8.42 Å². The predicted octanol–water partition coefficient (Wildman–Crippen LogP) is 3.65. The molecule has 0 spiro atoms. The van der Waals surface area contributed by atoms with E-state index in [-0.39, 0.29) is 37.9 Å². The molecule has 0 saturated carbocycles. The third-order valence-electron chi connectivity index (χ3n) is 10.2. The second kappa shape index (κ2) is 20.5. The zero-order chi connectivity index (χ0) is 44.4.